The van der Waals surface area contributed by atoms with Crippen molar-refractivity contribution >= 4 is 38.0 Å². The van der Waals surface area contributed by atoms with E-state index in [0.29, 0.717) is 5.39 Å². The minimum atomic E-state index is -0.0159. The van der Waals surface area contributed by atoms with Gasteiger partial charge in [-0.05, 0) is 83.7 Å². The number of benzene rings is 3. The maximum atomic E-state index is 14.0. The number of pyridine rings is 5. The molecule has 3 aromatic carbocycles. The molecule has 0 spiro atoms. The lowest BCUT2D eigenvalue weighted by Gasteiger charge is -2.09. The molecular formula is C39H23N5O. The summed E-state index contributed by atoms with van der Waals surface area (Å²) in [6, 6.07) is 38.3. The average Bonchev–Trinajstić information content (AvgIpc) is 3.45. The Hall–Kier alpha value is -6.27. The van der Waals surface area contributed by atoms with E-state index in [-0.39, 0.29) is 5.56 Å². The van der Waals surface area contributed by atoms with Gasteiger partial charge in [0.2, 0.25) is 0 Å². The Balaban J connectivity index is 1.26. The predicted molar refractivity (Wildman–Crippen MR) is 180 cm³/mol. The normalized spacial score (nSPS) is 11.6. The van der Waals surface area contributed by atoms with Crippen LogP contribution in [0.25, 0.3) is 83.0 Å². The zero-order chi connectivity index (χ0) is 29.9. The first-order chi connectivity index (χ1) is 22.2. The second-order valence-electron chi connectivity index (χ2n) is 11.1. The molecule has 0 amide bonds. The molecule has 0 bridgehead atoms. The average molecular weight is 578 g/mol. The Morgan fingerprint density at radius 1 is 0.422 bits per heavy atom. The van der Waals surface area contributed by atoms with Crippen LogP contribution in [0.5, 0.6) is 0 Å². The predicted octanol–water partition coefficient (Wildman–Crippen LogP) is 8.44. The molecule has 6 nitrogen and oxygen atoms in total. The van der Waals surface area contributed by atoms with Crippen molar-refractivity contribution in [1.29, 1.82) is 0 Å². The van der Waals surface area contributed by atoms with Crippen LogP contribution in [0.15, 0.2) is 145 Å². The number of hydrogen-bond donors (Lipinski definition) is 0. The van der Waals surface area contributed by atoms with Crippen LogP contribution >= 0.6 is 0 Å². The molecule has 0 fully saturated rings. The standard InChI is InChI=1S/C39H23N5O/c45-39-29-8-2-1-7-28(29)31-20-27(34-14-12-26(23-42-34)33-9-3-5-17-40-33)21-32-30-19-24(13-16-37(30)44(39)38(31)32)25-11-15-36(43-22-25)35-10-4-6-18-41-35/h1-23H. The summed E-state index contributed by atoms with van der Waals surface area (Å²) in [5.41, 5.74) is 9.14. The highest BCUT2D eigenvalue weighted by Gasteiger charge is 2.19. The number of fused-ring (bicyclic) bond motifs is 5. The van der Waals surface area contributed by atoms with E-state index in [2.05, 4.69) is 46.4 Å². The topological polar surface area (TPSA) is 73.0 Å². The Bertz CT molecular complexity index is 2580. The van der Waals surface area contributed by atoms with Crippen LogP contribution in [-0.4, -0.2) is 24.3 Å². The summed E-state index contributed by atoms with van der Waals surface area (Å²) >= 11 is 0. The van der Waals surface area contributed by atoms with Gasteiger partial charge in [0.05, 0.1) is 33.8 Å². The fourth-order valence-electron chi connectivity index (χ4n) is 6.40. The van der Waals surface area contributed by atoms with Crippen molar-refractivity contribution in [3.63, 3.8) is 0 Å². The van der Waals surface area contributed by atoms with Crippen LogP contribution < -0.4 is 5.56 Å². The molecular weight excluding hydrogens is 554 g/mol. The van der Waals surface area contributed by atoms with Crippen molar-refractivity contribution in [3.05, 3.63) is 150 Å². The zero-order valence-corrected chi connectivity index (χ0v) is 23.9. The molecule has 9 rings (SSSR count). The van der Waals surface area contributed by atoms with Crippen LogP contribution in [0.3, 0.4) is 0 Å². The Morgan fingerprint density at radius 3 is 1.71 bits per heavy atom. The van der Waals surface area contributed by atoms with E-state index < -0.39 is 0 Å². The van der Waals surface area contributed by atoms with Gasteiger partial charge in [0.15, 0.2) is 0 Å². The number of nitrogens with zero attached hydrogens (tertiary/aromatic N) is 5. The van der Waals surface area contributed by atoms with Crippen molar-refractivity contribution in [2.75, 3.05) is 0 Å². The number of hydrogen-bond acceptors (Lipinski definition) is 5. The zero-order valence-electron chi connectivity index (χ0n) is 23.9. The van der Waals surface area contributed by atoms with Gasteiger partial charge in [-0.3, -0.25) is 29.1 Å². The van der Waals surface area contributed by atoms with Crippen molar-refractivity contribution in [3.8, 4) is 45.0 Å². The molecule has 0 aliphatic rings. The second kappa shape index (κ2) is 9.89. The molecule has 9 aromatic rings. The highest BCUT2D eigenvalue weighted by atomic mass is 16.1. The van der Waals surface area contributed by atoms with Crippen molar-refractivity contribution in [1.82, 2.24) is 24.3 Å². The van der Waals surface area contributed by atoms with Gasteiger partial charge in [-0.2, -0.15) is 0 Å². The third-order valence-corrected chi connectivity index (χ3v) is 8.56. The molecule has 0 unspecified atom stereocenters. The summed E-state index contributed by atoms with van der Waals surface area (Å²) in [6.07, 6.45) is 7.31. The van der Waals surface area contributed by atoms with E-state index >= 15 is 0 Å². The van der Waals surface area contributed by atoms with E-state index in [1.54, 1.807) is 12.4 Å². The summed E-state index contributed by atoms with van der Waals surface area (Å²) in [6.45, 7) is 0. The van der Waals surface area contributed by atoms with Crippen molar-refractivity contribution in [2.24, 2.45) is 0 Å². The lowest BCUT2D eigenvalue weighted by molar-refractivity contribution is 1.21. The third kappa shape index (κ3) is 4.00. The molecule has 210 valence electrons. The lowest BCUT2D eigenvalue weighted by Crippen LogP contribution is -2.12. The molecule has 6 heteroatoms. The van der Waals surface area contributed by atoms with E-state index in [1.165, 1.54) is 0 Å². The van der Waals surface area contributed by atoms with Gasteiger partial charge in [-0.1, -0.05) is 42.5 Å². The van der Waals surface area contributed by atoms with Crippen LogP contribution in [0, 0.1) is 0 Å². The molecule has 0 N–H and O–H groups in total. The first kappa shape index (κ1) is 25.2. The van der Waals surface area contributed by atoms with Crippen LogP contribution in [-0.2, 0) is 0 Å². The van der Waals surface area contributed by atoms with E-state index in [9.17, 15) is 4.79 Å². The lowest BCUT2D eigenvalue weighted by atomic mass is 9.98. The molecule has 0 atom stereocenters. The largest absolute Gasteiger partial charge is 0.275 e. The molecule has 0 aliphatic heterocycles. The summed E-state index contributed by atoms with van der Waals surface area (Å²) in [4.78, 5) is 32.4. The molecule has 0 saturated heterocycles. The molecule has 6 aromatic heterocycles. The monoisotopic (exact) mass is 577 g/mol. The van der Waals surface area contributed by atoms with Crippen LogP contribution in [0.1, 0.15) is 0 Å². The minimum absolute atomic E-state index is 0.0159. The first-order valence-electron chi connectivity index (χ1n) is 14.7. The maximum absolute atomic E-state index is 14.0. The fraction of sp³-hybridized carbons (Fsp3) is 0. The highest BCUT2D eigenvalue weighted by molar-refractivity contribution is 6.21. The van der Waals surface area contributed by atoms with Gasteiger partial charge in [0, 0.05) is 63.0 Å². The SMILES string of the molecule is O=c1c2ccccc2c2cc(-c3ccc(-c4ccccn4)cn3)cc3c4cc(-c5ccc(-c6ccccn6)nc5)ccc4n1c23. The summed E-state index contributed by atoms with van der Waals surface area (Å²) in [7, 11) is 0. The van der Waals surface area contributed by atoms with Gasteiger partial charge >= 0.3 is 0 Å². The van der Waals surface area contributed by atoms with E-state index in [0.717, 1.165) is 77.6 Å². The molecule has 45 heavy (non-hydrogen) atoms. The minimum Gasteiger partial charge on any atom is -0.275 e. The van der Waals surface area contributed by atoms with Gasteiger partial charge < -0.3 is 0 Å². The summed E-state index contributed by atoms with van der Waals surface area (Å²) in [5.74, 6) is 0. The van der Waals surface area contributed by atoms with Crippen LogP contribution in [0.2, 0.25) is 0 Å². The number of rotatable bonds is 4. The number of aromatic nitrogens is 5. The third-order valence-electron chi connectivity index (χ3n) is 8.56. The van der Waals surface area contributed by atoms with E-state index in [1.807, 2.05) is 95.7 Å². The molecule has 0 radical (unpaired) electrons. The molecule has 0 aliphatic carbocycles. The molecule has 6 heterocycles. The summed E-state index contributed by atoms with van der Waals surface area (Å²) < 4.78 is 1.87. The van der Waals surface area contributed by atoms with Crippen molar-refractivity contribution in [2.45, 2.75) is 0 Å². The second-order valence-corrected chi connectivity index (χ2v) is 11.1. The van der Waals surface area contributed by atoms with Gasteiger partial charge in [-0.15, -0.1) is 0 Å². The van der Waals surface area contributed by atoms with E-state index in [4.69, 9.17) is 9.97 Å². The van der Waals surface area contributed by atoms with Gasteiger partial charge in [0.1, 0.15) is 0 Å². The Morgan fingerprint density at radius 2 is 1.00 bits per heavy atom. The van der Waals surface area contributed by atoms with Gasteiger partial charge in [-0.25, -0.2) is 0 Å². The van der Waals surface area contributed by atoms with Crippen LogP contribution in [0.4, 0.5) is 0 Å². The van der Waals surface area contributed by atoms with Crippen molar-refractivity contribution < 1.29 is 0 Å². The smallest absolute Gasteiger partial charge is 0.263 e. The maximum Gasteiger partial charge on any atom is 0.263 e. The Labute approximate surface area is 257 Å². The van der Waals surface area contributed by atoms with Gasteiger partial charge in [0.25, 0.3) is 5.56 Å². The molecule has 0 saturated carbocycles. The Kier molecular flexibility index (Phi) is 5.55. The highest BCUT2D eigenvalue weighted by Crippen LogP contribution is 2.39. The first-order valence-corrected chi connectivity index (χ1v) is 14.7. The fourth-order valence-corrected chi connectivity index (χ4v) is 6.40. The quantitative estimate of drug-likeness (QED) is 0.196. The summed E-state index contributed by atoms with van der Waals surface area (Å²) in [5, 5.41) is 4.66.